The zero-order valence-corrected chi connectivity index (χ0v) is 16.1. The van der Waals surface area contributed by atoms with Gasteiger partial charge in [-0.15, -0.1) is 0 Å². The molecule has 2 fully saturated rings. The van der Waals surface area contributed by atoms with Gasteiger partial charge in [0.1, 0.15) is 0 Å². The number of hydrogen-bond acceptors (Lipinski definition) is 4. The monoisotopic (exact) mass is 402 g/mol. The van der Waals surface area contributed by atoms with E-state index in [0.717, 1.165) is 18.2 Å². The molecule has 1 amide bonds. The molecular formula is C18H24F2N2O4S. The molecule has 1 unspecified atom stereocenters. The molecule has 0 saturated carbocycles. The second-order valence-corrected chi connectivity index (χ2v) is 9.19. The van der Waals surface area contributed by atoms with Crippen molar-refractivity contribution >= 4 is 15.9 Å². The molecule has 2 aliphatic heterocycles. The van der Waals surface area contributed by atoms with Crippen LogP contribution in [-0.4, -0.2) is 63.4 Å². The first-order valence-electron chi connectivity index (χ1n) is 9.03. The quantitative estimate of drug-likeness (QED) is 0.729. The van der Waals surface area contributed by atoms with Gasteiger partial charge in [-0.2, -0.15) is 4.31 Å². The van der Waals surface area contributed by atoms with Crippen LogP contribution in [0.4, 0.5) is 8.78 Å². The summed E-state index contributed by atoms with van der Waals surface area (Å²) in [5.41, 5.74) is 0. The van der Waals surface area contributed by atoms with E-state index in [0.29, 0.717) is 52.0 Å². The molecule has 2 aliphatic rings. The Kier molecular flexibility index (Phi) is 6.12. The van der Waals surface area contributed by atoms with Crippen molar-refractivity contribution in [3.8, 4) is 0 Å². The summed E-state index contributed by atoms with van der Waals surface area (Å²) in [6, 6.07) is 2.62. The van der Waals surface area contributed by atoms with E-state index in [9.17, 15) is 22.0 Å². The third-order valence-electron chi connectivity index (χ3n) is 5.28. The molecule has 2 saturated heterocycles. The lowest BCUT2D eigenvalue weighted by Crippen LogP contribution is -2.42. The number of rotatable bonds is 6. The predicted octanol–water partition coefficient (Wildman–Crippen LogP) is 1.86. The molecule has 1 aromatic carbocycles. The molecule has 0 aliphatic carbocycles. The molecule has 27 heavy (non-hydrogen) atoms. The molecule has 9 heteroatoms. The molecule has 1 atom stereocenters. The fourth-order valence-corrected chi connectivity index (χ4v) is 5.29. The number of halogens is 2. The first-order valence-corrected chi connectivity index (χ1v) is 10.5. The SMILES string of the molecule is COCC1CC(=O)N(CC2CCN(S(=O)(=O)c3ccc(F)c(F)c3)CC2)C1. The average Bonchev–Trinajstić information content (AvgIpc) is 2.97. The van der Waals surface area contributed by atoms with Crippen molar-refractivity contribution in [2.24, 2.45) is 11.8 Å². The lowest BCUT2D eigenvalue weighted by atomic mass is 9.97. The Hall–Kier alpha value is -1.58. The van der Waals surface area contributed by atoms with Crippen molar-refractivity contribution in [1.82, 2.24) is 9.21 Å². The Morgan fingerprint density at radius 2 is 1.85 bits per heavy atom. The summed E-state index contributed by atoms with van der Waals surface area (Å²) in [6.45, 7) is 2.47. The highest BCUT2D eigenvalue weighted by Gasteiger charge is 2.34. The van der Waals surface area contributed by atoms with Crippen LogP contribution in [0, 0.1) is 23.5 Å². The Bertz CT molecular complexity index is 795. The van der Waals surface area contributed by atoms with Crippen LogP contribution in [-0.2, 0) is 19.6 Å². The number of piperidine rings is 1. The second kappa shape index (κ2) is 8.20. The molecule has 150 valence electrons. The van der Waals surface area contributed by atoms with Crippen molar-refractivity contribution in [2.75, 3.05) is 39.9 Å². The molecule has 0 aromatic heterocycles. The van der Waals surface area contributed by atoms with Gasteiger partial charge in [-0.25, -0.2) is 17.2 Å². The molecule has 2 heterocycles. The largest absolute Gasteiger partial charge is 0.384 e. The van der Waals surface area contributed by atoms with Crippen molar-refractivity contribution < 1.29 is 26.7 Å². The molecule has 0 spiro atoms. The first-order chi connectivity index (χ1) is 12.8. The van der Waals surface area contributed by atoms with E-state index in [2.05, 4.69) is 0 Å². The van der Waals surface area contributed by atoms with E-state index < -0.39 is 21.7 Å². The molecule has 0 radical (unpaired) electrons. The van der Waals surface area contributed by atoms with Crippen molar-refractivity contribution in [2.45, 2.75) is 24.2 Å². The van der Waals surface area contributed by atoms with E-state index in [1.165, 1.54) is 4.31 Å². The van der Waals surface area contributed by atoms with Crippen molar-refractivity contribution in [1.29, 1.82) is 0 Å². The van der Waals surface area contributed by atoms with Crippen molar-refractivity contribution in [3.05, 3.63) is 29.8 Å². The smallest absolute Gasteiger partial charge is 0.243 e. The number of sulfonamides is 1. The fraction of sp³-hybridized carbons (Fsp3) is 0.611. The van der Waals surface area contributed by atoms with Gasteiger partial charge in [0.25, 0.3) is 0 Å². The summed E-state index contributed by atoms with van der Waals surface area (Å²) in [4.78, 5) is 13.7. The number of hydrogen-bond donors (Lipinski definition) is 0. The van der Waals surface area contributed by atoms with Crippen molar-refractivity contribution in [3.63, 3.8) is 0 Å². The number of carbonyl (C=O) groups is 1. The number of carbonyl (C=O) groups excluding carboxylic acids is 1. The van der Waals surface area contributed by atoms with Gasteiger partial charge in [0, 0.05) is 45.6 Å². The third kappa shape index (κ3) is 4.47. The standard InChI is InChI=1S/C18H24F2N2O4S/c1-26-12-14-8-18(23)21(11-14)10-13-4-6-22(7-5-13)27(24,25)15-2-3-16(19)17(20)9-15/h2-3,9,13-14H,4-8,10-12H2,1H3. The Morgan fingerprint density at radius 1 is 1.15 bits per heavy atom. The Balaban J connectivity index is 1.57. The second-order valence-electron chi connectivity index (χ2n) is 7.25. The summed E-state index contributed by atoms with van der Waals surface area (Å²) in [7, 11) is -2.23. The van der Waals surface area contributed by atoms with Gasteiger partial charge in [0.2, 0.25) is 15.9 Å². The van der Waals surface area contributed by atoms with Gasteiger partial charge >= 0.3 is 0 Å². The van der Waals surface area contributed by atoms with Crippen LogP contribution in [0.5, 0.6) is 0 Å². The van der Waals surface area contributed by atoms with Crippen LogP contribution < -0.4 is 0 Å². The van der Waals surface area contributed by atoms with Gasteiger partial charge in [-0.3, -0.25) is 4.79 Å². The van der Waals surface area contributed by atoms with E-state index >= 15 is 0 Å². The molecule has 3 rings (SSSR count). The highest BCUT2D eigenvalue weighted by Crippen LogP contribution is 2.27. The van der Waals surface area contributed by atoms with Crippen LogP contribution in [0.25, 0.3) is 0 Å². The fourth-order valence-electron chi connectivity index (χ4n) is 3.81. The van der Waals surface area contributed by atoms with Gasteiger partial charge in [-0.05, 0) is 37.0 Å². The predicted molar refractivity (Wildman–Crippen MR) is 94.4 cm³/mol. The number of methoxy groups -OCH3 is 1. The minimum Gasteiger partial charge on any atom is -0.384 e. The normalized spacial score (nSPS) is 22.6. The number of nitrogens with zero attached hydrogens (tertiary/aromatic N) is 2. The van der Waals surface area contributed by atoms with Gasteiger partial charge in [0.05, 0.1) is 11.5 Å². The van der Waals surface area contributed by atoms with E-state index in [-0.39, 0.29) is 22.6 Å². The van der Waals surface area contributed by atoms with Gasteiger partial charge < -0.3 is 9.64 Å². The Morgan fingerprint density at radius 3 is 2.48 bits per heavy atom. The zero-order valence-electron chi connectivity index (χ0n) is 15.2. The van der Waals surface area contributed by atoms with Crippen LogP contribution >= 0.6 is 0 Å². The van der Waals surface area contributed by atoms with E-state index in [1.54, 1.807) is 7.11 Å². The molecule has 0 bridgehead atoms. The molecule has 1 aromatic rings. The lowest BCUT2D eigenvalue weighted by Gasteiger charge is -2.33. The van der Waals surface area contributed by atoms with E-state index in [4.69, 9.17) is 4.74 Å². The summed E-state index contributed by atoms with van der Waals surface area (Å²) >= 11 is 0. The van der Waals surface area contributed by atoms with Crippen LogP contribution in [0.15, 0.2) is 23.1 Å². The number of benzene rings is 1. The minimum atomic E-state index is -3.85. The summed E-state index contributed by atoms with van der Waals surface area (Å²) < 4.78 is 58.1. The number of amides is 1. The average molecular weight is 402 g/mol. The molecular weight excluding hydrogens is 378 g/mol. The topological polar surface area (TPSA) is 66.9 Å². The van der Waals surface area contributed by atoms with Crippen LogP contribution in [0.3, 0.4) is 0 Å². The lowest BCUT2D eigenvalue weighted by molar-refractivity contribution is -0.128. The first kappa shape index (κ1) is 20.2. The third-order valence-corrected chi connectivity index (χ3v) is 7.17. The summed E-state index contributed by atoms with van der Waals surface area (Å²) in [6.07, 6.45) is 1.75. The molecule has 0 N–H and O–H groups in total. The van der Waals surface area contributed by atoms with E-state index in [1.807, 2.05) is 4.90 Å². The maximum absolute atomic E-state index is 13.4. The minimum absolute atomic E-state index is 0.119. The van der Waals surface area contributed by atoms with Crippen LogP contribution in [0.1, 0.15) is 19.3 Å². The number of ether oxygens (including phenoxy) is 1. The van der Waals surface area contributed by atoms with Gasteiger partial charge in [-0.1, -0.05) is 0 Å². The number of likely N-dealkylation sites (tertiary alicyclic amines) is 1. The van der Waals surface area contributed by atoms with Gasteiger partial charge in [0.15, 0.2) is 11.6 Å². The maximum atomic E-state index is 13.4. The van der Waals surface area contributed by atoms with Crippen LogP contribution in [0.2, 0.25) is 0 Å². The maximum Gasteiger partial charge on any atom is 0.243 e. The zero-order chi connectivity index (χ0) is 19.6. The highest BCUT2D eigenvalue weighted by molar-refractivity contribution is 7.89. The highest BCUT2D eigenvalue weighted by atomic mass is 32.2. The molecule has 6 nitrogen and oxygen atoms in total. The summed E-state index contributed by atoms with van der Waals surface area (Å²) in [5, 5.41) is 0. The Labute approximate surface area is 158 Å². The summed E-state index contributed by atoms with van der Waals surface area (Å²) in [5.74, 6) is -1.68.